The number of ether oxygens (including phenoxy) is 1. The minimum atomic E-state index is -1.24. The Bertz CT molecular complexity index is 590. The van der Waals surface area contributed by atoms with Crippen LogP contribution < -0.4 is 4.74 Å². The molecular formula is C12H10FNO3S. The topological polar surface area (TPSA) is 59.4 Å². The molecule has 94 valence electrons. The predicted molar refractivity (Wildman–Crippen MR) is 65.0 cm³/mol. The molecule has 18 heavy (non-hydrogen) atoms. The summed E-state index contributed by atoms with van der Waals surface area (Å²) < 4.78 is 18.4. The van der Waals surface area contributed by atoms with E-state index in [9.17, 15) is 9.18 Å². The van der Waals surface area contributed by atoms with Crippen molar-refractivity contribution in [3.05, 3.63) is 40.2 Å². The van der Waals surface area contributed by atoms with Crippen molar-refractivity contribution in [3.8, 4) is 10.9 Å². The Kier molecular flexibility index (Phi) is 3.29. The molecule has 0 aliphatic heterocycles. The zero-order chi connectivity index (χ0) is 13.3. The number of thiazole rings is 1. The van der Waals surface area contributed by atoms with Gasteiger partial charge in [0.15, 0.2) is 0 Å². The van der Waals surface area contributed by atoms with Crippen LogP contribution in [0.5, 0.6) is 10.9 Å². The summed E-state index contributed by atoms with van der Waals surface area (Å²) in [5.74, 6) is -1.78. The van der Waals surface area contributed by atoms with Crippen LogP contribution in [-0.2, 0) is 0 Å². The third-order valence-electron chi connectivity index (χ3n) is 2.38. The smallest absolute Gasteiger partial charge is 0.339 e. The van der Waals surface area contributed by atoms with Crippen molar-refractivity contribution in [1.82, 2.24) is 4.98 Å². The van der Waals surface area contributed by atoms with Crippen LogP contribution in [-0.4, -0.2) is 16.1 Å². The van der Waals surface area contributed by atoms with E-state index in [1.54, 1.807) is 0 Å². The summed E-state index contributed by atoms with van der Waals surface area (Å²) in [5, 5.41) is 9.31. The molecule has 4 nitrogen and oxygen atoms in total. The minimum absolute atomic E-state index is 0.0812. The molecule has 0 radical (unpaired) electrons. The number of nitrogens with zero attached hydrogens (tertiary/aromatic N) is 1. The van der Waals surface area contributed by atoms with E-state index in [1.165, 1.54) is 17.4 Å². The van der Waals surface area contributed by atoms with Crippen LogP contribution in [0, 0.1) is 19.7 Å². The highest BCUT2D eigenvalue weighted by molar-refractivity contribution is 7.13. The molecule has 0 saturated heterocycles. The monoisotopic (exact) mass is 267 g/mol. The lowest BCUT2D eigenvalue weighted by atomic mass is 10.2. The van der Waals surface area contributed by atoms with E-state index >= 15 is 0 Å². The molecular weight excluding hydrogens is 257 g/mol. The Balaban J connectivity index is 2.36. The Morgan fingerprint density at radius 2 is 2.17 bits per heavy atom. The summed E-state index contributed by atoms with van der Waals surface area (Å²) in [5.41, 5.74) is 0.606. The summed E-state index contributed by atoms with van der Waals surface area (Å²) in [4.78, 5) is 16.1. The van der Waals surface area contributed by atoms with Crippen LogP contribution in [0.15, 0.2) is 18.2 Å². The van der Waals surface area contributed by atoms with E-state index in [-0.39, 0.29) is 11.3 Å². The molecule has 1 N–H and O–H groups in total. The second-order valence-corrected chi connectivity index (χ2v) is 4.83. The van der Waals surface area contributed by atoms with Crippen molar-refractivity contribution in [2.24, 2.45) is 0 Å². The van der Waals surface area contributed by atoms with Gasteiger partial charge in [0, 0.05) is 4.88 Å². The van der Waals surface area contributed by atoms with Crippen LogP contribution in [0.1, 0.15) is 20.9 Å². The molecule has 2 aromatic rings. The van der Waals surface area contributed by atoms with Gasteiger partial charge in [-0.2, -0.15) is 0 Å². The average Bonchev–Trinajstić information content (AvgIpc) is 2.60. The third-order valence-corrected chi connectivity index (χ3v) is 3.33. The molecule has 0 atom stereocenters. The molecule has 0 spiro atoms. The van der Waals surface area contributed by atoms with Gasteiger partial charge in [-0.15, -0.1) is 0 Å². The number of carboxylic acids is 1. The molecule has 0 unspecified atom stereocenters. The molecule has 2 rings (SSSR count). The van der Waals surface area contributed by atoms with Crippen molar-refractivity contribution < 1.29 is 19.0 Å². The molecule has 0 amide bonds. The molecule has 0 aliphatic carbocycles. The van der Waals surface area contributed by atoms with Crippen LogP contribution in [0.3, 0.4) is 0 Å². The first-order chi connectivity index (χ1) is 8.47. The molecule has 1 aromatic carbocycles. The number of benzene rings is 1. The highest BCUT2D eigenvalue weighted by Gasteiger charge is 2.15. The third kappa shape index (κ3) is 2.48. The number of carboxylic acid groups (broad SMARTS) is 1. The first-order valence-electron chi connectivity index (χ1n) is 5.12. The van der Waals surface area contributed by atoms with E-state index in [0.717, 1.165) is 22.7 Å². The van der Waals surface area contributed by atoms with Crippen molar-refractivity contribution in [2.45, 2.75) is 13.8 Å². The van der Waals surface area contributed by atoms with Gasteiger partial charge >= 0.3 is 5.97 Å². The van der Waals surface area contributed by atoms with Gasteiger partial charge in [-0.05, 0) is 32.0 Å². The van der Waals surface area contributed by atoms with Gasteiger partial charge in [-0.1, -0.05) is 11.3 Å². The Morgan fingerprint density at radius 3 is 2.72 bits per heavy atom. The normalized spacial score (nSPS) is 10.4. The number of halogens is 1. The Hall–Kier alpha value is -1.95. The van der Waals surface area contributed by atoms with Gasteiger partial charge in [0.05, 0.1) is 5.69 Å². The maximum atomic E-state index is 13.0. The van der Waals surface area contributed by atoms with E-state index < -0.39 is 11.8 Å². The van der Waals surface area contributed by atoms with E-state index in [0.29, 0.717) is 5.19 Å². The van der Waals surface area contributed by atoms with Gasteiger partial charge in [0.2, 0.25) is 0 Å². The lowest BCUT2D eigenvalue weighted by Gasteiger charge is -2.05. The second-order valence-electron chi connectivity index (χ2n) is 3.67. The average molecular weight is 267 g/mol. The van der Waals surface area contributed by atoms with Crippen LogP contribution in [0.4, 0.5) is 4.39 Å². The Labute approximate surface area is 107 Å². The predicted octanol–water partition coefficient (Wildman–Crippen LogP) is 3.39. The maximum Gasteiger partial charge on any atom is 0.339 e. The summed E-state index contributed by atoms with van der Waals surface area (Å²) in [6.07, 6.45) is 0. The lowest BCUT2D eigenvalue weighted by Crippen LogP contribution is -2.00. The van der Waals surface area contributed by atoms with Gasteiger partial charge in [-0.3, -0.25) is 0 Å². The van der Waals surface area contributed by atoms with Crippen molar-refractivity contribution in [3.63, 3.8) is 0 Å². The standard InChI is InChI=1S/C12H10FNO3S/c1-6-7(2)18-12(14-6)17-10-4-3-8(13)5-9(10)11(15)16/h3-5H,1-2H3,(H,15,16). The molecule has 6 heteroatoms. The fourth-order valence-corrected chi connectivity index (χ4v) is 2.11. The SMILES string of the molecule is Cc1nc(Oc2ccc(F)cc2C(=O)O)sc1C. The van der Waals surface area contributed by atoms with Gasteiger partial charge in [-0.25, -0.2) is 14.2 Å². The number of aromatic nitrogens is 1. The largest absolute Gasteiger partial charge is 0.478 e. The second kappa shape index (κ2) is 4.73. The summed E-state index contributed by atoms with van der Waals surface area (Å²) in [7, 11) is 0. The van der Waals surface area contributed by atoms with Crippen LogP contribution in [0.2, 0.25) is 0 Å². The first-order valence-corrected chi connectivity index (χ1v) is 5.93. The summed E-state index contributed by atoms with van der Waals surface area (Å²) in [6, 6.07) is 3.35. The Morgan fingerprint density at radius 1 is 1.44 bits per heavy atom. The van der Waals surface area contributed by atoms with Gasteiger partial charge < -0.3 is 9.84 Å². The van der Waals surface area contributed by atoms with Crippen molar-refractivity contribution >= 4 is 17.3 Å². The van der Waals surface area contributed by atoms with Gasteiger partial charge in [0.25, 0.3) is 5.19 Å². The molecule has 0 aliphatic rings. The highest BCUT2D eigenvalue weighted by Crippen LogP contribution is 2.30. The zero-order valence-corrected chi connectivity index (χ0v) is 10.5. The van der Waals surface area contributed by atoms with E-state index in [4.69, 9.17) is 9.84 Å². The number of carbonyl (C=O) groups is 1. The molecule has 0 saturated carbocycles. The molecule has 1 heterocycles. The zero-order valence-electron chi connectivity index (χ0n) is 9.73. The van der Waals surface area contributed by atoms with E-state index in [2.05, 4.69) is 4.98 Å². The number of aryl methyl sites for hydroxylation is 2. The number of rotatable bonds is 3. The van der Waals surface area contributed by atoms with Crippen molar-refractivity contribution in [2.75, 3.05) is 0 Å². The summed E-state index contributed by atoms with van der Waals surface area (Å²) >= 11 is 1.31. The quantitative estimate of drug-likeness (QED) is 0.926. The molecule has 0 fully saturated rings. The molecule has 0 bridgehead atoms. The number of hydrogen-bond donors (Lipinski definition) is 1. The fraction of sp³-hybridized carbons (Fsp3) is 0.167. The van der Waals surface area contributed by atoms with Crippen LogP contribution >= 0.6 is 11.3 Å². The number of hydrogen-bond acceptors (Lipinski definition) is 4. The first kappa shape index (κ1) is 12.5. The van der Waals surface area contributed by atoms with Crippen LogP contribution in [0.25, 0.3) is 0 Å². The fourth-order valence-electron chi connectivity index (χ4n) is 1.34. The van der Waals surface area contributed by atoms with Gasteiger partial charge in [0.1, 0.15) is 17.1 Å². The minimum Gasteiger partial charge on any atom is -0.478 e. The molecule has 1 aromatic heterocycles. The lowest BCUT2D eigenvalue weighted by molar-refractivity contribution is 0.0693. The van der Waals surface area contributed by atoms with E-state index in [1.807, 2.05) is 13.8 Å². The number of aromatic carboxylic acids is 1. The summed E-state index contributed by atoms with van der Waals surface area (Å²) in [6.45, 7) is 3.73. The maximum absolute atomic E-state index is 13.0. The van der Waals surface area contributed by atoms with Crippen molar-refractivity contribution in [1.29, 1.82) is 0 Å². The highest BCUT2D eigenvalue weighted by atomic mass is 32.1.